The van der Waals surface area contributed by atoms with Crippen LogP contribution in [0.3, 0.4) is 0 Å². The van der Waals surface area contributed by atoms with Crippen LogP contribution in [0.2, 0.25) is 0 Å². The highest BCUT2D eigenvalue weighted by atomic mass is 35.5. The highest BCUT2D eigenvalue weighted by Crippen LogP contribution is 2.55. The lowest BCUT2D eigenvalue weighted by Gasteiger charge is -2.26. The van der Waals surface area contributed by atoms with E-state index in [1.165, 1.54) is 15.9 Å². The fourth-order valence-electron chi connectivity index (χ4n) is 3.01. The predicted molar refractivity (Wildman–Crippen MR) is 105 cm³/mol. The van der Waals surface area contributed by atoms with Crippen molar-refractivity contribution in [1.82, 2.24) is 0 Å². The molecule has 0 aliphatic carbocycles. The first kappa shape index (κ1) is 18.7. The van der Waals surface area contributed by atoms with Gasteiger partial charge in [0.15, 0.2) is 0 Å². The van der Waals surface area contributed by atoms with Crippen molar-refractivity contribution >= 4 is 34.8 Å². The van der Waals surface area contributed by atoms with Crippen LogP contribution in [0.1, 0.15) is 0 Å². The molecule has 0 N–H and O–H groups in total. The zero-order valence-electron chi connectivity index (χ0n) is 13.2. The van der Waals surface area contributed by atoms with E-state index in [1.54, 1.807) is 5.54 Å². The summed E-state index contributed by atoms with van der Waals surface area (Å²) in [4.78, 5) is 0. The fourth-order valence-corrected chi connectivity index (χ4v) is 7.21. The topological polar surface area (TPSA) is 0 Å². The minimum absolute atomic E-state index is 0. The molecule has 0 aliphatic rings. The fraction of sp³-hybridized carbons (Fsp3) is 0.0476. The Kier molecular flexibility index (Phi) is 7.06. The molecule has 0 saturated carbocycles. The van der Waals surface area contributed by atoms with E-state index in [0.29, 0.717) is 0 Å². The maximum absolute atomic E-state index is 5.91. The van der Waals surface area contributed by atoms with Crippen LogP contribution in [-0.4, -0.2) is 6.16 Å². The number of allylic oxidation sites excluding steroid dienone is 1. The number of halogens is 2. The van der Waals surface area contributed by atoms with Gasteiger partial charge in [0.05, 0.1) is 6.16 Å². The highest BCUT2D eigenvalue weighted by Gasteiger charge is 2.43. The van der Waals surface area contributed by atoms with E-state index in [1.807, 2.05) is 0 Å². The summed E-state index contributed by atoms with van der Waals surface area (Å²) < 4.78 is 0. The minimum Gasteiger partial charge on any atom is -1.00 e. The Hall–Kier alpha value is -1.59. The van der Waals surface area contributed by atoms with Crippen LogP contribution >= 0.6 is 18.9 Å². The number of hydrogen-bond donors (Lipinski definition) is 0. The van der Waals surface area contributed by atoms with Crippen molar-refractivity contribution in [3.63, 3.8) is 0 Å². The molecular formula is C21H19Cl2P. The van der Waals surface area contributed by atoms with Crippen LogP contribution in [0.5, 0.6) is 0 Å². The minimum atomic E-state index is -1.74. The largest absolute Gasteiger partial charge is 1.00 e. The lowest BCUT2D eigenvalue weighted by Crippen LogP contribution is -3.00. The summed E-state index contributed by atoms with van der Waals surface area (Å²) in [6.07, 6.45) is 3.01. The predicted octanol–water partition coefficient (Wildman–Crippen LogP) is 1.74. The van der Waals surface area contributed by atoms with Gasteiger partial charge in [0.25, 0.3) is 0 Å². The number of rotatable bonds is 5. The first-order valence-corrected chi connectivity index (χ1v) is 10.1. The summed E-state index contributed by atoms with van der Waals surface area (Å²) in [6, 6.07) is 32.5. The Labute approximate surface area is 155 Å². The molecule has 0 nitrogen and oxygen atoms in total. The van der Waals surface area contributed by atoms with Gasteiger partial charge in [0.1, 0.15) is 23.2 Å². The van der Waals surface area contributed by atoms with Crippen molar-refractivity contribution in [3.05, 3.63) is 103 Å². The smallest absolute Gasteiger partial charge is 0.116 e. The van der Waals surface area contributed by atoms with E-state index in [2.05, 4.69) is 97.1 Å². The molecule has 3 aromatic carbocycles. The normalized spacial score (nSPS) is 11.2. The molecule has 0 spiro atoms. The van der Waals surface area contributed by atoms with Gasteiger partial charge >= 0.3 is 0 Å². The summed E-state index contributed by atoms with van der Waals surface area (Å²) in [7, 11) is -1.74. The van der Waals surface area contributed by atoms with Gasteiger partial charge in [-0.05, 0) is 42.5 Å². The van der Waals surface area contributed by atoms with Gasteiger partial charge in [-0.2, -0.15) is 0 Å². The summed E-state index contributed by atoms with van der Waals surface area (Å²) in [5, 5.41) is 4.14. The van der Waals surface area contributed by atoms with Crippen molar-refractivity contribution in [3.8, 4) is 0 Å². The number of benzene rings is 3. The molecule has 0 aliphatic heterocycles. The summed E-state index contributed by atoms with van der Waals surface area (Å²) >= 11 is 5.91. The van der Waals surface area contributed by atoms with Crippen molar-refractivity contribution in [2.45, 2.75) is 0 Å². The van der Waals surface area contributed by atoms with Gasteiger partial charge in [0.2, 0.25) is 0 Å². The molecular weight excluding hydrogens is 354 g/mol. The van der Waals surface area contributed by atoms with E-state index in [9.17, 15) is 0 Å². The van der Waals surface area contributed by atoms with Crippen LogP contribution in [0.25, 0.3) is 0 Å². The Morgan fingerprint density at radius 3 is 1.25 bits per heavy atom. The molecule has 0 atom stereocenters. The summed E-state index contributed by atoms with van der Waals surface area (Å²) in [5.41, 5.74) is 1.64. The summed E-state index contributed by atoms with van der Waals surface area (Å²) in [5.74, 6) is 0. The Balaban J connectivity index is 0.00000208. The van der Waals surface area contributed by atoms with Crippen molar-refractivity contribution in [1.29, 1.82) is 0 Å². The first-order chi connectivity index (χ1) is 11.4. The van der Waals surface area contributed by atoms with Crippen LogP contribution in [0.4, 0.5) is 0 Å². The van der Waals surface area contributed by atoms with Gasteiger partial charge in [-0.25, -0.2) is 0 Å². The third-order valence-corrected chi connectivity index (χ3v) is 8.54. The zero-order valence-corrected chi connectivity index (χ0v) is 15.6. The van der Waals surface area contributed by atoms with E-state index >= 15 is 0 Å². The number of hydrogen-bond acceptors (Lipinski definition) is 0. The van der Waals surface area contributed by atoms with Crippen LogP contribution in [-0.2, 0) is 0 Å². The van der Waals surface area contributed by atoms with Crippen LogP contribution in [0.15, 0.2) is 103 Å². The molecule has 24 heavy (non-hydrogen) atoms. The second-order valence-electron chi connectivity index (χ2n) is 5.36. The quantitative estimate of drug-likeness (QED) is 0.598. The maximum atomic E-state index is 5.91. The SMILES string of the molecule is Cl/C=C/C[P+](c1ccccc1)(c1ccccc1)c1ccccc1.[Cl-]. The third-order valence-electron chi connectivity index (χ3n) is 4.06. The lowest BCUT2D eigenvalue weighted by atomic mass is 10.4. The summed E-state index contributed by atoms with van der Waals surface area (Å²) in [6.45, 7) is 0. The molecule has 0 aromatic heterocycles. The van der Waals surface area contributed by atoms with Gasteiger partial charge in [-0.3, -0.25) is 0 Å². The Morgan fingerprint density at radius 1 is 0.625 bits per heavy atom. The first-order valence-electron chi connectivity index (χ1n) is 7.68. The average Bonchev–Trinajstić information content (AvgIpc) is 2.65. The molecule has 3 aromatic rings. The van der Waals surface area contributed by atoms with E-state index in [-0.39, 0.29) is 12.4 Å². The van der Waals surface area contributed by atoms with Gasteiger partial charge in [-0.1, -0.05) is 66.2 Å². The third kappa shape index (κ3) is 3.73. The molecule has 3 heteroatoms. The lowest BCUT2D eigenvalue weighted by molar-refractivity contribution is -0.00000435. The Morgan fingerprint density at radius 2 is 0.958 bits per heavy atom. The zero-order chi connectivity index (χ0) is 16.0. The molecule has 3 rings (SSSR count). The maximum Gasteiger partial charge on any atom is 0.116 e. The van der Waals surface area contributed by atoms with Crippen LogP contribution in [0, 0.1) is 0 Å². The average molecular weight is 373 g/mol. The van der Waals surface area contributed by atoms with Gasteiger partial charge in [-0.15, -0.1) is 0 Å². The molecule has 0 saturated heterocycles. The van der Waals surface area contributed by atoms with E-state index in [4.69, 9.17) is 11.6 Å². The van der Waals surface area contributed by atoms with Crippen LogP contribution < -0.4 is 28.3 Å². The monoisotopic (exact) mass is 372 g/mol. The second-order valence-corrected chi connectivity index (χ2v) is 9.15. The van der Waals surface area contributed by atoms with Crippen molar-refractivity contribution < 1.29 is 12.4 Å². The van der Waals surface area contributed by atoms with E-state index in [0.717, 1.165) is 6.16 Å². The highest BCUT2D eigenvalue weighted by molar-refractivity contribution is 7.95. The van der Waals surface area contributed by atoms with Crippen molar-refractivity contribution in [2.24, 2.45) is 0 Å². The molecule has 0 radical (unpaired) electrons. The van der Waals surface area contributed by atoms with Crippen molar-refractivity contribution in [2.75, 3.05) is 6.16 Å². The van der Waals surface area contributed by atoms with Gasteiger partial charge in [0, 0.05) is 5.54 Å². The molecule has 0 amide bonds. The molecule has 0 unspecified atom stereocenters. The molecule has 122 valence electrons. The molecule has 0 bridgehead atoms. The molecule has 0 heterocycles. The Bertz CT molecular complexity index is 659. The van der Waals surface area contributed by atoms with Gasteiger partial charge < -0.3 is 12.4 Å². The molecule has 0 fully saturated rings. The van der Waals surface area contributed by atoms with E-state index < -0.39 is 7.26 Å². The standard InChI is InChI=1S/C21H19ClP.ClH/c22-17-10-18-23(19-11-4-1-5-12-19,20-13-6-2-7-14-20)21-15-8-3-9-16-21;/h1-17H,18H2;1H/q+1;/p-1/b17-10+;. The second kappa shape index (κ2) is 9.04.